The van der Waals surface area contributed by atoms with Gasteiger partial charge in [-0.1, -0.05) is 7.92 Å². The number of halogens is 2. The van der Waals surface area contributed by atoms with Crippen molar-refractivity contribution >= 4 is 58.0 Å². The summed E-state index contributed by atoms with van der Waals surface area (Å²) in [5.41, 5.74) is 1.05. The smallest absolute Gasteiger partial charge is 0.229 e. The summed E-state index contributed by atoms with van der Waals surface area (Å²) in [5, 5.41) is 18.1. The van der Waals surface area contributed by atoms with Gasteiger partial charge >= 0.3 is 0 Å². The van der Waals surface area contributed by atoms with Crippen LogP contribution in [0.1, 0.15) is 32.3 Å². The summed E-state index contributed by atoms with van der Waals surface area (Å²) in [5.74, 6) is 3.31. The van der Waals surface area contributed by atoms with E-state index in [1.807, 2.05) is 12.1 Å². The van der Waals surface area contributed by atoms with E-state index in [9.17, 15) is 9.50 Å². The molecular weight excluding hydrogens is 674 g/mol. The van der Waals surface area contributed by atoms with Gasteiger partial charge in [0.05, 0.1) is 28.6 Å². The maximum Gasteiger partial charge on any atom is 0.229 e. The molecule has 3 aliphatic heterocycles. The number of hydrogen-bond donors (Lipinski definition) is 3. The number of piperidine rings is 1. The fourth-order valence-corrected chi connectivity index (χ4v) is 7.89. The molecule has 0 aliphatic carbocycles. The summed E-state index contributed by atoms with van der Waals surface area (Å²) in [6.07, 6.45) is 3.60. The van der Waals surface area contributed by atoms with Crippen LogP contribution in [0, 0.1) is 6.92 Å². The number of aryl methyl sites for hydroxylation is 1. The molecule has 0 spiro atoms. The Morgan fingerprint density at radius 2 is 1.83 bits per heavy atom. The van der Waals surface area contributed by atoms with Gasteiger partial charge in [0, 0.05) is 55.5 Å². The quantitative estimate of drug-likeness (QED) is 0.231. The van der Waals surface area contributed by atoms with E-state index in [1.165, 1.54) is 0 Å². The second kappa shape index (κ2) is 12.9. The predicted octanol–water partition coefficient (Wildman–Crippen LogP) is 5.94. The van der Waals surface area contributed by atoms with Gasteiger partial charge in [-0.05, 0) is 86.6 Å². The van der Waals surface area contributed by atoms with Crippen molar-refractivity contribution < 1.29 is 23.7 Å². The summed E-state index contributed by atoms with van der Waals surface area (Å²) in [4.78, 5) is 13.9. The van der Waals surface area contributed by atoms with Gasteiger partial charge in [-0.2, -0.15) is 4.98 Å². The Labute approximate surface area is 279 Å². The van der Waals surface area contributed by atoms with Crippen LogP contribution in [0.15, 0.2) is 34.9 Å². The van der Waals surface area contributed by atoms with Crippen LogP contribution in [-0.4, -0.2) is 97.1 Å². The van der Waals surface area contributed by atoms with Crippen LogP contribution in [0.25, 0.3) is 0 Å². The predicted molar refractivity (Wildman–Crippen MR) is 187 cm³/mol. The fourth-order valence-electron chi connectivity index (χ4n) is 6.41. The van der Waals surface area contributed by atoms with Gasteiger partial charge in [-0.15, -0.1) is 0 Å². The lowest BCUT2D eigenvalue weighted by atomic mass is 9.79. The minimum absolute atomic E-state index is 0.292. The van der Waals surface area contributed by atoms with Crippen molar-refractivity contribution in [2.75, 3.05) is 75.4 Å². The van der Waals surface area contributed by atoms with Crippen molar-refractivity contribution in [2.45, 2.75) is 50.9 Å². The number of ether oxygens (including phenoxy) is 3. The zero-order valence-corrected chi connectivity index (χ0v) is 29.8. The SMILES string of the molecule is COc1cc(N2CCC(N3CC(F)(C(C)(C)O)C3)CC2)c(C)cc1Nc1ncc(Br)c(Nc2ccc3c(c2P(C)C)OCCO3)n1. The average molecular weight is 718 g/mol. The largest absolute Gasteiger partial charge is 0.494 e. The molecule has 46 heavy (non-hydrogen) atoms. The minimum atomic E-state index is -1.53. The molecule has 0 saturated carbocycles. The molecule has 6 rings (SSSR count). The molecule has 2 fully saturated rings. The third-order valence-corrected chi connectivity index (χ3v) is 11.1. The number of alkyl halides is 1. The summed E-state index contributed by atoms with van der Waals surface area (Å²) in [6.45, 7) is 13.0. The number of nitrogens with one attached hydrogen (secondary N) is 2. The number of hydrogen-bond acceptors (Lipinski definition) is 10. The fraction of sp³-hybridized carbons (Fsp3) is 0.515. The van der Waals surface area contributed by atoms with E-state index in [1.54, 1.807) is 27.2 Å². The zero-order chi connectivity index (χ0) is 32.8. The molecule has 4 heterocycles. The molecule has 13 heteroatoms. The summed E-state index contributed by atoms with van der Waals surface area (Å²) in [7, 11) is 1.16. The first-order chi connectivity index (χ1) is 21.9. The van der Waals surface area contributed by atoms with Crippen LogP contribution in [0.2, 0.25) is 0 Å². The number of benzene rings is 2. The minimum Gasteiger partial charge on any atom is -0.494 e. The molecule has 0 atom stereocenters. The lowest BCUT2D eigenvalue weighted by molar-refractivity contribution is -0.170. The molecule has 0 radical (unpaired) electrons. The van der Waals surface area contributed by atoms with Gasteiger partial charge in [0.25, 0.3) is 0 Å². The highest BCUT2D eigenvalue weighted by Crippen LogP contribution is 2.43. The van der Waals surface area contributed by atoms with Crippen molar-refractivity contribution in [3.63, 3.8) is 0 Å². The van der Waals surface area contributed by atoms with E-state index in [4.69, 9.17) is 19.2 Å². The molecule has 3 N–H and O–H groups in total. The second-order valence-corrected chi connectivity index (χ2v) is 16.1. The third kappa shape index (κ3) is 6.46. The molecule has 10 nitrogen and oxygen atoms in total. The first-order valence-electron chi connectivity index (χ1n) is 15.6. The molecule has 2 aromatic carbocycles. The summed E-state index contributed by atoms with van der Waals surface area (Å²) < 4.78 is 33.4. The van der Waals surface area contributed by atoms with Gasteiger partial charge in [0.1, 0.15) is 24.8 Å². The van der Waals surface area contributed by atoms with Crippen molar-refractivity contribution in [3.05, 3.63) is 40.5 Å². The zero-order valence-electron chi connectivity index (χ0n) is 27.3. The second-order valence-electron chi connectivity index (χ2n) is 13.0. The molecule has 248 valence electrons. The van der Waals surface area contributed by atoms with E-state index >= 15 is 0 Å². The lowest BCUT2D eigenvalue weighted by Crippen LogP contribution is -2.71. The Morgan fingerprint density at radius 3 is 2.50 bits per heavy atom. The summed E-state index contributed by atoms with van der Waals surface area (Å²) in [6, 6.07) is 8.39. The maximum atomic E-state index is 15.0. The van der Waals surface area contributed by atoms with Gasteiger partial charge in [-0.3, -0.25) is 4.90 Å². The number of anilines is 5. The van der Waals surface area contributed by atoms with E-state index in [0.29, 0.717) is 49.9 Å². The molecule has 0 unspecified atom stereocenters. The van der Waals surface area contributed by atoms with Crippen LogP contribution in [0.4, 0.5) is 33.2 Å². The molecule has 2 saturated heterocycles. The molecule has 3 aromatic rings. The van der Waals surface area contributed by atoms with Crippen LogP contribution in [-0.2, 0) is 0 Å². The topological polar surface area (TPSA) is 104 Å². The number of nitrogens with zero attached hydrogens (tertiary/aromatic N) is 4. The molecule has 0 bridgehead atoms. The normalized spacial score (nSPS) is 18.3. The van der Waals surface area contributed by atoms with Crippen LogP contribution >= 0.6 is 23.9 Å². The molecule has 3 aliphatic rings. The Bertz CT molecular complexity index is 1590. The Kier molecular flexibility index (Phi) is 9.28. The standard InChI is InChI=1S/C33H43BrFN6O4P/c1-20-15-24(27(43-4)16-25(20)40-11-9-21(10-12-40)41-18-33(35,19-41)32(2,3)42)38-31-36-17-22(34)30(39-31)37-23-7-8-26-28(29(23)46(5)6)45-14-13-44-26/h7-8,15-17,21,42H,9-14,18-19H2,1-6H3,(H2,36,37,38,39). The first kappa shape index (κ1) is 33.0. The number of rotatable bonds is 9. The van der Waals surface area contributed by atoms with Gasteiger partial charge < -0.3 is 34.9 Å². The number of aliphatic hydroxyl groups is 1. The number of likely N-dealkylation sites (tertiary alicyclic amines) is 1. The van der Waals surface area contributed by atoms with Crippen molar-refractivity contribution in [1.29, 1.82) is 0 Å². The van der Waals surface area contributed by atoms with Gasteiger partial charge in [0.15, 0.2) is 17.2 Å². The van der Waals surface area contributed by atoms with Crippen LogP contribution in [0.5, 0.6) is 17.2 Å². The molecular formula is C33H43BrFN6O4P. The van der Waals surface area contributed by atoms with E-state index in [2.05, 4.69) is 73.7 Å². The highest BCUT2D eigenvalue weighted by molar-refractivity contribution is 9.10. The highest BCUT2D eigenvalue weighted by atomic mass is 79.9. The molecule has 0 amide bonds. The maximum absolute atomic E-state index is 15.0. The monoisotopic (exact) mass is 716 g/mol. The van der Waals surface area contributed by atoms with E-state index in [0.717, 1.165) is 69.8 Å². The Balaban J connectivity index is 1.16. The van der Waals surface area contributed by atoms with Gasteiger partial charge in [0.2, 0.25) is 5.95 Å². The Hall–Kier alpha value is -2.92. The third-order valence-electron chi connectivity index (χ3n) is 9.22. The van der Waals surface area contributed by atoms with E-state index in [-0.39, 0.29) is 0 Å². The highest BCUT2D eigenvalue weighted by Gasteiger charge is 2.55. The van der Waals surface area contributed by atoms with Crippen LogP contribution in [0.3, 0.4) is 0 Å². The molecule has 1 aromatic heterocycles. The average Bonchev–Trinajstić information content (AvgIpc) is 3.00. The summed E-state index contributed by atoms with van der Waals surface area (Å²) >= 11 is 3.61. The number of aromatic nitrogens is 2. The van der Waals surface area contributed by atoms with E-state index < -0.39 is 19.2 Å². The van der Waals surface area contributed by atoms with Crippen molar-refractivity contribution in [2.24, 2.45) is 0 Å². The number of methoxy groups -OCH3 is 1. The van der Waals surface area contributed by atoms with Gasteiger partial charge in [-0.25, -0.2) is 9.37 Å². The number of fused-ring (bicyclic) bond motifs is 1. The lowest BCUT2D eigenvalue weighted by Gasteiger charge is -2.54. The van der Waals surface area contributed by atoms with Crippen LogP contribution < -0.4 is 35.0 Å². The Morgan fingerprint density at radius 1 is 1.11 bits per heavy atom. The van der Waals surface area contributed by atoms with Crippen molar-refractivity contribution in [3.8, 4) is 17.2 Å². The van der Waals surface area contributed by atoms with Crippen molar-refractivity contribution in [1.82, 2.24) is 14.9 Å². The first-order valence-corrected chi connectivity index (χ1v) is 18.7.